The third-order valence-corrected chi connectivity index (χ3v) is 5.12. The molecule has 8 nitrogen and oxygen atoms in total. The Kier molecular flexibility index (Phi) is 3.49. The zero-order valence-corrected chi connectivity index (χ0v) is 14.9. The van der Waals surface area contributed by atoms with Crippen molar-refractivity contribution >= 4 is 28.2 Å². The van der Waals surface area contributed by atoms with Gasteiger partial charge in [0.1, 0.15) is 5.82 Å². The second-order valence-electron chi connectivity index (χ2n) is 6.99. The van der Waals surface area contributed by atoms with E-state index < -0.39 is 0 Å². The first-order valence-electron chi connectivity index (χ1n) is 8.93. The molecule has 0 saturated carbocycles. The van der Waals surface area contributed by atoms with Crippen LogP contribution >= 0.6 is 0 Å². The second-order valence-corrected chi connectivity index (χ2v) is 6.99. The van der Waals surface area contributed by atoms with E-state index in [9.17, 15) is 4.39 Å². The summed E-state index contributed by atoms with van der Waals surface area (Å²) < 4.78 is 17.1. The van der Waals surface area contributed by atoms with Crippen molar-refractivity contribution in [2.24, 2.45) is 7.05 Å². The molecular formula is C18H19FN8. The molecule has 1 aliphatic rings. The Morgan fingerprint density at radius 2 is 2.15 bits per heavy atom. The summed E-state index contributed by atoms with van der Waals surface area (Å²) in [6.07, 6.45) is 5.92. The number of piperidine rings is 1. The third-order valence-electron chi connectivity index (χ3n) is 5.12. The molecule has 0 spiro atoms. The molecule has 1 saturated heterocycles. The highest BCUT2D eigenvalue weighted by atomic mass is 19.1. The minimum Gasteiger partial charge on any atom is -0.368 e. The monoisotopic (exact) mass is 366 g/mol. The van der Waals surface area contributed by atoms with Crippen molar-refractivity contribution in [3.8, 4) is 0 Å². The number of nitrogens with two attached hydrogens (primary N) is 1. The van der Waals surface area contributed by atoms with E-state index in [2.05, 4.69) is 20.1 Å². The number of nitrogens with zero attached hydrogens (tertiary/aromatic N) is 7. The van der Waals surface area contributed by atoms with Crippen LogP contribution in [0.5, 0.6) is 0 Å². The molecule has 0 amide bonds. The first kappa shape index (κ1) is 16.0. The van der Waals surface area contributed by atoms with Gasteiger partial charge in [0.25, 0.3) is 0 Å². The number of aromatic nitrogens is 6. The maximum absolute atomic E-state index is 13.7. The van der Waals surface area contributed by atoms with E-state index in [0.717, 1.165) is 31.6 Å². The zero-order chi connectivity index (χ0) is 18.5. The average molecular weight is 366 g/mol. The van der Waals surface area contributed by atoms with Crippen molar-refractivity contribution in [1.82, 2.24) is 29.4 Å². The Morgan fingerprint density at radius 3 is 2.96 bits per heavy atom. The SMILES string of the molecule is Cn1cc(N2CCCC(c3nc4c5cc(F)ccc5nc(N)n4n3)C2)cn1. The molecule has 4 heterocycles. The van der Waals surface area contributed by atoms with Crippen LogP contribution in [0.1, 0.15) is 24.6 Å². The van der Waals surface area contributed by atoms with Gasteiger partial charge in [0.05, 0.1) is 17.4 Å². The fourth-order valence-corrected chi connectivity index (χ4v) is 3.78. The van der Waals surface area contributed by atoms with Crippen molar-refractivity contribution in [3.05, 3.63) is 42.2 Å². The van der Waals surface area contributed by atoms with Gasteiger partial charge in [0.2, 0.25) is 5.95 Å². The molecule has 2 N–H and O–H groups in total. The third kappa shape index (κ3) is 2.66. The molecule has 9 heteroatoms. The highest BCUT2D eigenvalue weighted by Crippen LogP contribution is 2.30. The van der Waals surface area contributed by atoms with Crippen LogP contribution in [0.15, 0.2) is 30.6 Å². The number of anilines is 2. The molecule has 3 aromatic heterocycles. The molecule has 1 unspecified atom stereocenters. The first-order valence-corrected chi connectivity index (χ1v) is 8.93. The van der Waals surface area contributed by atoms with Gasteiger partial charge < -0.3 is 10.6 Å². The lowest BCUT2D eigenvalue weighted by Gasteiger charge is -2.32. The summed E-state index contributed by atoms with van der Waals surface area (Å²) in [7, 11) is 1.91. The molecular weight excluding hydrogens is 347 g/mol. The van der Waals surface area contributed by atoms with Gasteiger partial charge in [0, 0.05) is 37.6 Å². The highest BCUT2D eigenvalue weighted by Gasteiger charge is 2.26. The number of nitrogen functional groups attached to an aromatic ring is 1. The number of fused-ring (bicyclic) bond motifs is 3. The predicted octanol–water partition coefficient (Wildman–Crippen LogP) is 2.12. The number of benzene rings is 1. The van der Waals surface area contributed by atoms with Crippen LogP contribution in [0.4, 0.5) is 16.0 Å². The molecule has 0 radical (unpaired) electrons. The van der Waals surface area contributed by atoms with E-state index >= 15 is 0 Å². The molecule has 1 aliphatic heterocycles. The Labute approximate surface area is 154 Å². The predicted molar refractivity (Wildman–Crippen MR) is 100 cm³/mol. The molecule has 5 rings (SSSR count). The van der Waals surface area contributed by atoms with E-state index in [4.69, 9.17) is 10.7 Å². The summed E-state index contributed by atoms with van der Waals surface area (Å²) in [5.41, 5.74) is 8.31. The summed E-state index contributed by atoms with van der Waals surface area (Å²) in [4.78, 5) is 11.3. The largest absolute Gasteiger partial charge is 0.368 e. The van der Waals surface area contributed by atoms with Crippen LogP contribution in [0.25, 0.3) is 16.6 Å². The number of halogens is 1. The van der Waals surface area contributed by atoms with Gasteiger partial charge in [-0.25, -0.2) is 14.4 Å². The standard InChI is InChI=1S/C18H19FN8/c1-25-10-13(8-21-25)26-6-2-3-11(9-26)16-23-17-14-7-12(19)4-5-15(14)22-18(20)27(17)24-16/h4-5,7-8,10-11H,2-3,6,9H2,1H3,(H2,20,22). The van der Waals surface area contributed by atoms with Gasteiger partial charge >= 0.3 is 0 Å². The maximum Gasteiger partial charge on any atom is 0.223 e. The van der Waals surface area contributed by atoms with Crippen LogP contribution in [0, 0.1) is 5.82 Å². The van der Waals surface area contributed by atoms with Crippen LogP contribution in [0.3, 0.4) is 0 Å². The molecule has 27 heavy (non-hydrogen) atoms. The van der Waals surface area contributed by atoms with E-state index in [0.29, 0.717) is 22.4 Å². The number of aryl methyl sites for hydroxylation is 1. The quantitative estimate of drug-likeness (QED) is 0.584. The average Bonchev–Trinajstić information content (AvgIpc) is 3.30. The highest BCUT2D eigenvalue weighted by molar-refractivity contribution is 5.92. The Hall–Kier alpha value is -3.23. The van der Waals surface area contributed by atoms with Gasteiger partial charge in [-0.3, -0.25) is 4.68 Å². The van der Waals surface area contributed by atoms with Crippen molar-refractivity contribution in [1.29, 1.82) is 0 Å². The van der Waals surface area contributed by atoms with Crippen LogP contribution in [-0.4, -0.2) is 42.5 Å². The minimum absolute atomic E-state index is 0.168. The van der Waals surface area contributed by atoms with E-state index in [1.165, 1.54) is 16.6 Å². The smallest absolute Gasteiger partial charge is 0.223 e. The lowest BCUT2D eigenvalue weighted by Crippen LogP contribution is -2.34. The number of hydrogen-bond acceptors (Lipinski definition) is 6. The van der Waals surface area contributed by atoms with Crippen LogP contribution in [-0.2, 0) is 7.05 Å². The van der Waals surface area contributed by atoms with Crippen molar-refractivity contribution in [3.63, 3.8) is 0 Å². The fourth-order valence-electron chi connectivity index (χ4n) is 3.78. The second kappa shape index (κ2) is 5.90. The van der Waals surface area contributed by atoms with E-state index in [-0.39, 0.29) is 17.7 Å². The summed E-state index contributed by atoms with van der Waals surface area (Å²) in [5.74, 6) is 0.805. The summed E-state index contributed by atoms with van der Waals surface area (Å²) in [6.45, 7) is 1.79. The summed E-state index contributed by atoms with van der Waals surface area (Å²) in [5, 5.41) is 9.47. The van der Waals surface area contributed by atoms with E-state index in [1.807, 2.05) is 19.4 Å². The minimum atomic E-state index is -0.332. The van der Waals surface area contributed by atoms with Crippen molar-refractivity contribution in [2.75, 3.05) is 23.7 Å². The molecule has 138 valence electrons. The van der Waals surface area contributed by atoms with Crippen molar-refractivity contribution in [2.45, 2.75) is 18.8 Å². The van der Waals surface area contributed by atoms with Gasteiger partial charge in [-0.2, -0.15) is 9.61 Å². The van der Waals surface area contributed by atoms with Crippen LogP contribution in [0.2, 0.25) is 0 Å². The topological polar surface area (TPSA) is 90.2 Å². The molecule has 1 atom stereocenters. The molecule has 0 aliphatic carbocycles. The summed E-state index contributed by atoms with van der Waals surface area (Å²) in [6, 6.07) is 4.41. The van der Waals surface area contributed by atoms with Gasteiger partial charge in [-0.05, 0) is 31.0 Å². The summed E-state index contributed by atoms with van der Waals surface area (Å²) >= 11 is 0. The number of rotatable bonds is 2. The van der Waals surface area contributed by atoms with Crippen molar-refractivity contribution < 1.29 is 4.39 Å². The Balaban J connectivity index is 1.55. The van der Waals surface area contributed by atoms with Gasteiger partial charge in [-0.15, -0.1) is 5.10 Å². The number of hydrogen-bond donors (Lipinski definition) is 1. The first-order chi connectivity index (χ1) is 13.1. The Bertz CT molecular complexity index is 1150. The van der Waals surface area contributed by atoms with Gasteiger partial charge in [0.15, 0.2) is 11.5 Å². The Morgan fingerprint density at radius 1 is 1.26 bits per heavy atom. The molecule has 1 aromatic carbocycles. The lowest BCUT2D eigenvalue weighted by atomic mass is 9.97. The fraction of sp³-hybridized carbons (Fsp3) is 0.333. The van der Waals surface area contributed by atoms with Crippen LogP contribution < -0.4 is 10.6 Å². The zero-order valence-electron chi connectivity index (χ0n) is 14.9. The van der Waals surface area contributed by atoms with E-state index in [1.54, 1.807) is 10.7 Å². The molecule has 4 aromatic rings. The normalized spacial score (nSPS) is 17.9. The lowest BCUT2D eigenvalue weighted by molar-refractivity contribution is 0.491. The maximum atomic E-state index is 13.7. The van der Waals surface area contributed by atoms with Gasteiger partial charge in [-0.1, -0.05) is 0 Å². The molecule has 1 fully saturated rings. The molecule has 0 bridgehead atoms.